The largest absolute Gasteiger partial charge is 0.330 e. The molecule has 1 heterocycles. The number of carbonyl (C=O) groups excluding carboxylic acids is 1. The molecule has 1 saturated heterocycles. The maximum Gasteiger partial charge on any atom is 0.233 e. The number of hydrogen-bond donors (Lipinski definition) is 1. The molecule has 0 spiro atoms. The van der Waals surface area contributed by atoms with Gasteiger partial charge in [0.1, 0.15) is 0 Å². The van der Waals surface area contributed by atoms with Crippen LogP contribution in [0.25, 0.3) is 0 Å². The van der Waals surface area contributed by atoms with E-state index in [0.29, 0.717) is 12.3 Å². The van der Waals surface area contributed by atoms with Crippen molar-refractivity contribution in [3.05, 3.63) is 35.9 Å². The molecule has 4 heteroatoms. The Hall–Kier alpha value is -1.000. The third-order valence-corrected chi connectivity index (χ3v) is 4.26. The van der Waals surface area contributed by atoms with Crippen LogP contribution in [0, 0.1) is 0 Å². The molecule has 0 aromatic heterocycles. The average molecular weight is 250 g/mol. The van der Waals surface area contributed by atoms with E-state index in [1.165, 1.54) is 5.56 Å². The molecule has 3 nitrogen and oxygen atoms in total. The van der Waals surface area contributed by atoms with Crippen molar-refractivity contribution in [2.24, 2.45) is 5.73 Å². The van der Waals surface area contributed by atoms with Gasteiger partial charge < -0.3 is 10.6 Å². The van der Waals surface area contributed by atoms with Gasteiger partial charge in [-0.15, -0.1) is 11.8 Å². The van der Waals surface area contributed by atoms with Crippen LogP contribution in [0.5, 0.6) is 0 Å². The van der Waals surface area contributed by atoms with Crippen LogP contribution in [0.4, 0.5) is 0 Å². The summed E-state index contributed by atoms with van der Waals surface area (Å²) in [5.41, 5.74) is 6.94. The summed E-state index contributed by atoms with van der Waals surface area (Å²) in [6, 6.07) is 10.4. The molecule has 1 fully saturated rings. The summed E-state index contributed by atoms with van der Waals surface area (Å²) in [7, 11) is 0. The van der Waals surface area contributed by atoms with E-state index in [-0.39, 0.29) is 18.0 Å². The molecule has 17 heavy (non-hydrogen) atoms. The van der Waals surface area contributed by atoms with Crippen LogP contribution in [-0.2, 0) is 4.79 Å². The van der Waals surface area contributed by atoms with Crippen molar-refractivity contribution < 1.29 is 4.79 Å². The van der Waals surface area contributed by atoms with Gasteiger partial charge in [-0.05, 0) is 12.5 Å². The zero-order valence-corrected chi connectivity index (χ0v) is 10.8. The Balaban J connectivity index is 2.21. The van der Waals surface area contributed by atoms with Gasteiger partial charge in [0.15, 0.2) is 0 Å². The monoisotopic (exact) mass is 250 g/mol. The highest BCUT2D eigenvalue weighted by Crippen LogP contribution is 2.27. The van der Waals surface area contributed by atoms with E-state index >= 15 is 0 Å². The van der Waals surface area contributed by atoms with Crippen LogP contribution >= 0.6 is 11.8 Å². The molecule has 0 aliphatic carbocycles. The number of benzene rings is 1. The molecule has 1 amide bonds. The minimum atomic E-state index is 0.109. The Bertz CT molecular complexity index is 382. The first-order valence-corrected chi connectivity index (χ1v) is 7.03. The maximum absolute atomic E-state index is 12.0. The van der Waals surface area contributed by atoms with Crippen LogP contribution < -0.4 is 5.73 Å². The second-order valence-electron chi connectivity index (χ2n) is 4.29. The first kappa shape index (κ1) is 12.5. The number of nitrogens with zero attached hydrogens (tertiary/aromatic N) is 1. The highest BCUT2D eigenvalue weighted by molar-refractivity contribution is 8.00. The topological polar surface area (TPSA) is 46.3 Å². The molecule has 1 aromatic rings. The minimum absolute atomic E-state index is 0.109. The van der Waals surface area contributed by atoms with Crippen LogP contribution in [0.15, 0.2) is 30.3 Å². The highest BCUT2D eigenvalue weighted by atomic mass is 32.2. The molecule has 2 rings (SSSR count). The average Bonchev–Trinajstić information content (AvgIpc) is 2.38. The maximum atomic E-state index is 12.0. The summed E-state index contributed by atoms with van der Waals surface area (Å²) >= 11 is 1.68. The second-order valence-corrected chi connectivity index (χ2v) is 5.32. The second kappa shape index (κ2) is 5.56. The highest BCUT2D eigenvalue weighted by Gasteiger charge is 2.31. The zero-order chi connectivity index (χ0) is 12.3. The Morgan fingerprint density at radius 1 is 1.47 bits per heavy atom. The van der Waals surface area contributed by atoms with Crippen LogP contribution in [0.3, 0.4) is 0 Å². The molecule has 0 saturated carbocycles. The number of thioether (sulfide) groups is 1. The van der Waals surface area contributed by atoms with Gasteiger partial charge in [0.2, 0.25) is 5.91 Å². The summed E-state index contributed by atoms with van der Waals surface area (Å²) in [4.78, 5) is 14.0. The Labute approximate surface area is 106 Å². The normalized spacial score (nSPS) is 22.6. The van der Waals surface area contributed by atoms with Crippen molar-refractivity contribution in [2.75, 3.05) is 18.1 Å². The molecule has 0 radical (unpaired) electrons. The quantitative estimate of drug-likeness (QED) is 0.887. The lowest BCUT2D eigenvalue weighted by Crippen LogP contribution is -2.50. The van der Waals surface area contributed by atoms with Crippen molar-refractivity contribution in [3.8, 4) is 0 Å². The van der Waals surface area contributed by atoms with Gasteiger partial charge in [0, 0.05) is 12.3 Å². The first-order valence-electron chi connectivity index (χ1n) is 5.88. The molecule has 92 valence electrons. The summed E-state index contributed by atoms with van der Waals surface area (Å²) < 4.78 is 0. The predicted octanol–water partition coefficient (Wildman–Crippen LogP) is 1.65. The molecule has 2 atom stereocenters. The Kier molecular flexibility index (Phi) is 4.07. The van der Waals surface area contributed by atoms with Crippen LogP contribution in [0.2, 0.25) is 0 Å². The fraction of sp³-hybridized carbons (Fsp3) is 0.462. The predicted molar refractivity (Wildman–Crippen MR) is 71.9 cm³/mol. The van der Waals surface area contributed by atoms with Gasteiger partial charge in [-0.2, -0.15) is 0 Å². The number of nitrogens with two attached hydrogens (primary N) is 1. The Morgan fingerprint density at radius 2 is 2.18 bits per heavy atom. The summed E-state index contributed by atoms with van der Waals surface area (Å²) in [5.74, 6) is 1.72. The van der Waals surface area contributed by atoms with Gasteiger partial charge in [-0.3, -0.25) is 4.79 Å². The van der Waals surface area contributed by atoms with Gasteiger partial charge in [-0.1, -0.05) is 30.3 Å². The lowest BCUT2D eigenvalue weighted by atomic mass is 10.0. The van der Waals surface area contributed by atoms with Gasteiger partial charge in [-0.25, -0.2) is 0 Å². The van der Waals surface area contributed by atoms with Gasteiger partial charge >= 0.3 is 0 Å². The summed E-state index contributed by atoms with van der Waals surface area (Å²) in [6.07, 6.45) is 0. The first-order chi connectivity index (χ1) is 8.24. The molecule has 1 aromatic carbocycles. The lowest BCUT2D eigenvalue weighted by molar-refractivity contribution is -0.133. The standard InChI is InChI=1S/C13H18N2OS/c1-10(11-5-3-2-4-6-11)15-12(7-14)8-17-9-13(15)16/h2-6,10,12H,7-9,14H2,1H3. The summed E-state index contributed by atoms with van der Waals surface area (Å²) in [5, 5.41) is 0. The fourth-order valence-electron chi connectivity index (χ4n) is 2.25. The van der Waals surface area contributed by atoms with Crippen LogP contribution in [-0.4, -0.2) is 34.9 Å². The van der Waals surface area contributed by atoms with Crippen molar-refractivity contribution in [1.29, 1.82) is 0 Å². The molecule has 1 aliphatic rings. The Morgan fingerprint density at radius 3 is 2.82 bits per heavy atom. The molecular formula is C13H18N2OS. The smallest absolute Gasteiger partial charge is 0.233 e. The van der Waals surface area contributed by atoms with E-state index in [0.717, 1.165) is 5.75 Å². The van der Waals surface area contributed by atoms with E-state index < -0.39 is 0 Å². The SMILES string of the molecule is CC(c1ccccc1)N1C(=O)CSCC1CN. The van der Waals surface area contributed by atoms with Gasteiger partial charge in [0.25, 0.3) is 0 Å². The van der Waals surface area contributed by atoms with Crippen molar-refractivity contribution in [3.63, 3.8) is 0 Å². The van der Waals surface area contributed by atoms with E-state index in [4.69, 9.17) is 5.73 Å². The molecule has 2 unspecified atom stereocenters. The number of amides is 1. The van der Waals surface area contributed by atoms with E-state index in [1.54, 1.807) is 11.8 Å². The lowest BCUT2D eigenvalue weighted by Gasteiger charge is -2.39. The molecular weight excluding hydrogens is 232 g/mol. The van der Waals surface area contributed by atoms with Crippen molar-refractivity contribution >= 4 is 17.7 Å². The third kappa shape index (κ3) is 2.64. The molecule has 1 aliphatic heterocycles. The van der Waals surface area contributed by atoms with Gasteiger partial charge in [0.05, 0.1) is 17.8 Å². The minimum Gasteiger partial charge on any atom is -0.330 e. The number of hydrogen-bond acceptors (Lipinski definition) is 3. The van der Waals surface area contributed by atoms with E-state index in [2.05, 4.69) is 19.1 Å². The molecule has 0 bridgehead atoms. The zero-order valence-electron chi connectivity index (χ0n) is 10.0. The fourth-order valence-corrected chi connectivity index (χ4v) is 3.26. The number of carbonyl (C=O) groups is 1. The van der Waals surface area contributed by atoms with Crippen LogP contribution in [0.1, 0.15) is 18.5 Å². The van der Waals surface area contributed by atoms with Crippen molar-refractivity contribution in [1.82, 2.24) is 4.90 Å². The van der Waals surface area contributed by atoms with E-state index in [9.17, 15) is 4.79 Å². The van der Waals surface area contributed by atoms with E-state index in [1.807, 2.05) is 23.1 Å². The third-order valence-electron chi connectivity index (χ3n) is 3.19. The molecule has 2 N–H and O–H groups in total. The summed E-state index contributed by atoms with van der Waals surface area (Å²) in [6.45, 7) is 2.61. The number of rotatable bonds is 3. The van der Waals surface area contributed by atoms with Crippen molar-refractivity contribution in [2.45, 2.75) is 19.0 Å².